The molecule has 2 aliphatic rings. The minimum atomic E-state index is 0.140. The molecular formula is C13H15ClO2. The lowest BCUT2D eigenvalue weighted by molar-refractivity contribution is 0.297. The summed E-state index contributed by atoms with van der Waals surface area (Å²) in [7, 11) is 0. The van der Waals surface area contributed by atoms with E-state index >= 15 is 0 Å². The van der Waals surface area contributed by atoms with E-state index in [0.717, 1.165) is 44.0 Å². The predicted octanol–water partition coefficient (Wildman–Crippen LogP) is 3.46. The smallest absolute Gasteiger partial charge is 0.161 e. The van der Waals surface area contributed by atoms with Crippen LogP contribution in [0.5, 0.6) is 11.5 Å². The molecule has 0 bridgehead atoms. The molecule has 86 valence electrons. The normalized spacial score (nSPS) is 23.4. The molecule has 3 rings (SSSR count). The molecule has 0 radical (unpaired) electrons. The van der Waals surface area contributed by atoms with Crippen LogP contribution in [0.3, 0.4) is 0 Å². The van der Waals surface area contributed by atoms with E-state index < -0.39 is 0 Å². The van der Waals surface area contributed by atoms with Crippen molar-refractivity contribution < 1.29 is 9.47 Å². The van der Waals surface area contributed by atoms with Gasteiger partial charge < -0.3 is 9.47 Å². The summed E-state index contributed by atoms with van der Waals surface area (Å²) >= 11 is 6.33. The van der Waals surface area contributed by atoms with Crippen molar-refractivity contribution in [3.8, 4) is 11.5 Å². The van der Waals surface area contributed by atoms with Crippen molar-refractivity contribution in [2.45, 2.75) is 31.1 Å². The number of halogens is 1. The fourth-order valence-electron chi connectivity index (χ4n) is 2.40. The summed E-state index contributed by atoms with van der Waals surface area (Å²) in [5, 5.41) is 0.140. The van der Waals surface area contributed by atoms with Gasteiger partial charge in [-0.15, -0.1) is 11.6 Å². The largest absolute Gasteiger partial charge is 0.490 e. The van der Waals surface area contributed by atoms with Gasteiger partial charge in [0.1, 0.15) is 0 Å². The van der Waals surface area contributed by atoms with E-state index in [4.69, 9.17) is 21.1 Å². The number of benzene rings is 1. The van der Waals surface area contributed by atoms with E-state index in [9.17, 15) is 0 Å². The van der Waals surface area contributed by atoms with Crippen LogP contribution in [0.1, 0.15) is 35.8 Å². The summed E-state index contributed by atoms with van der Waals surface area (Å²) in [5.74, 6) is 1.76. The molecule has 1 heterocycles. The van der Waals surface area contributed by atoms with Crippen LogP contribution in [-0.4, -0.2) is 13.2 Å². The van der Waals surface area contributed by atoms with E-state index in [2.05, 4.69) is 12.1 Å². The SMILES string of the molecule is ClC1CCCc2cc3c(cc21)OCCCO3. The summed E-state index contributed by atoms with van der Waals surface area (Å²) in [4.78, 5) is 0. The Labute approximate surface area is 101 Å². The zero-order valence-electron chi connectivity index (χ0n) is 9.17. The highest BCUT2D eigenvalue weighted by Gasteiger charge is 2.22. The van der Waals surface area contributed by atoms with Crippen LogP contribution < -0.4 is 9.47 Å². The Kier molecular flexibility index (Phi) is 2.68. The third-order valence-corrected chi connectivity index (χ3v) is 3.70. The molecule has 0 amide bonds. The maximum atomic E-state index is 6.33. The lowest BCUT2D eigenvalue weighted by atomic mass is 9.91. The van der Waals surface area contributed by atoms with E-state index in [1.165, 1.54) is 17.5 Å². The van der Waals surface area contributed by atoms with Crippen LogP contribution in [0, 0.1) is 0 Å². The molecule has 0 saturated heterocycles. The number of ether oxygens (including phenoxy) is 2. The zero-order valence-corrected chi connectivity index (χ0v) is 9.93. The second-order valence-electron chi connectivity index (χ2n) is 4.41. The third-order valence-electron chi connectivity index (χ3n) is 3.25. The summed E-state index contributed by atoms with van der Waals surface area (Å²) in [5.41, 5.74) is 2.56. The van der Waals surface area contributed by atoms with E-state index in [1.807, 2.05) is 0 Å². The van der Waals surface area contributed by atoms with Crippen molar-refractivity contribution in [1.29, 1.82) is 0 Å². The average molecular weight is 239 g/mol. The first-order chi connectivity index (χ1) is 7.84. The Morgan fingerprint density at radius 2 is 1.81 bits per heavy atom. The van der Waals surface area contributed by atoms with E-state index in [0.29, 0.717) is 0 Å². The van der Waals surface area contributed by atoms with Crippen LogP contribution in [0.15, 0.2) is 12.1 Å². The summed E-state index contributed by atoms with van der Waals surface area (Å²) in [6.07, 6.45) is 4.29. The van der Waals surface area contributed by atoms with Crippen LogP contribution in [0.4, 0.5) is 0 Å². The molecule has 1 aliphatic carbocycles. The monoisotopic (exact) mass is 238 g/mol. The molecule has 1 aromatic carbocycles. The number of alkyl halides is 1. The van der Waals surface area contributed by atoms with Crippen molar-refractivity contribution in [3.63, 3.8) is 0 Å². The molecular weight excluding hydrogens is 224 g/mol. The van der Waals surface area contributed by atoms with Crippen molar-refractivity contribution in [2.75, 3.05) is 13.2 Å². The van der Waals surface area contributed by atoms with Gasteiger partial charge in [0.25, 0.3) is 0 Å². The minimum absolute atomic E-state index is 0.140. The Hall–Kier alpha value is -0.890. The maximum Gasteiger partial charge on any atom is 0.161 e. The molecule has 0 aromatic heterocycles. The summed E-state index contributed by atoms with van der Waals surface area (Å²) < 4.78 is 11.4. The van der Waals surface area contributed by atoms with Gasteiger partial charge in [-0.05, 0) is 42.5 Å². The molecule has 1 unspecified atom stereocenters. The van der Waals surface area contributed by atoms with E-state index in [-0.39, 0.29) is 5.38 Å². The molecule has 0 saturated carbocycles. The van der Waals surface area contributed by atoms with Gasteiger partial charge >= 0.3 is 0 Å². The summed E-state index contributed by atoms with van der Waals surface area (Å²) in [6, 6.07) is 4.19. The van der Waals surface area contributed by atoms with Gasteiger partial charge in [-0.1, -0.05) is 0 Å². The quantitative estimate of drug-likeness (QED) is 0.645. The van der Waals surface area contributed by atoms with Gasteiger partial charge in [0.2, 0.25) is 0 Å². The fourth-order valence-corrected chi connectivity index (χ4v) is 2.76. The number of aryl methyl sites for hydroxylation is 1. The molecule has 2 nitrogen and oxygen atoms in total. The molecule has 16 heavy (non-hydrogen) atoms. The van der Waals surface area contributed by atoms with Crippen LogP contribution >= 0.6 is 11.6 Å². The minimum Gasteiger partial charge on any atom is -0.490 e. The second-order valence-corrected chi connectivity index (χ2v) is 4.93. The topological polar surface area (TPSA) is 18.5 Å². The first-order valence-electron chi connectivity index (χ1n) is 5.91. The third kappa shape index (κ3) is 1.75. The van der Waals surface area contributed by atoms with Gasteiger partial charge in [-0.2, -0.15) is 0 Å². The fraction of sp³-hybridized carbons (Fsp3) is 0.538. The number of hydrogen-bond acceptors (Lipinski definition) is 2. The first kappa shape index (κ1) is 10.3. The lowest BCUT2D eigenvalue weighted by Crippen LogP contribution is -2.06. The molecule has 0 fully saturated rings. The molecule has 1 aromatic rings. The Morgan fingerprint density at radius 1 is 1.06 bits per heavy atom. The van der Waals surface area contributed by atoms with E-state index in [1.54, 1.807) is 0 Å². The standard InChI is InChI=1S/C13H15ClO2/c14-11-4-1-3-9-7-12-13(8-10(9)11)16-6-2-5-15-12/h7-8,11H,1-6H2. The zero-order chi connectivity index (χ0) is 11.0. The van der Waals surface area contributed by atoms with Gasteiger partial charge in [0.15, 0.2) is 11.5 Å². The van der Waals surface area contributed by atoms with Gasteiger partial charge in [-0.3, -0.25) is 0 Å². The first-order valence-corrected chi connectivity index (χ1v) is 6.35. The number of rotatable bonds is 0. The summed E-state index contributed by atoms with van der Waals surface area (Å²) in [6.45, 7) is 1.48. The lowest BCUT2D eigenvalue weighted by Gasteiger charge is -2.22. The average Bonchev–Trinajstić information content (AvgIpc) is 2.52. The van der Waals surface area contributed by atoms with Crippen LogP contribution in [0.2, 0.25) is 0 Å². The van der Waals surface area contributed by atoms with Crippen LogP contribution in [-0.2, 0) is 6.42 Å². The Morgan fingerprint density at radius 3 is 2.62 bits per heavy atom. The second kappa shape index (κ2) is 4.17. The van der Waals surface area contributed by atoms with Crippen molar-refractivity contribution in [3.05, 3.63) is 23.3 Å². The number of hydrogen-bond donors (Lipinski definition) is 0. The molecule has 1 aliphatic heterocycles. The Bertz CT molecular complexity index is 403. The van der Waals surface area contributed by atoms with Gasteiger partial charge in [-0.25, -0.2) is 0 Å². The van der Waals surface area contributed by atoms with Gasteiger partial charge in [0, 0.05) is 6.42 Å². The van der Waals surface area contributed by atoms with Crippen LogP contribution in [0.25, 0.3) is 0 Å². The highest BCUT2D eigenvalue weighted by atomic mass is 35.5. The van der Waals surface area contributed by atoms with Crippen molar-refractivity contribution >= 4 is 11.6 Å². The molecule has 3 heteroatoms. The predicted molar refractivity (Wildman–Crippen MR) is 63.6 cm³/mol. The highest BCUT2D eigenvalue weighted by molar-refractivity contribution is 6.21. The molecule has 0 spiro atoms. The number of fused-ring (bicyclic) bond motifs is 2. The highest BCUT2D eigenvalue weighted by Crippen LogP contribution is 2.41. The van der Waals surface area contributed by atoms with Gasteiger partial charge in [0.05, 0.1) is 18.6 Å². The Balaban J connectivity index is 2.05. The molecule has 0 N–H and O–H groups in total. The molecule has 1 atom stereocenters. The maximum absolute atomic E-state index is 6.33. The van der Waals surface area contributed by atoms with Crippen molar-refractivity contribution in [1.82, 2.24) is 0 Å². The van der Waals surface area contributed by atoms with Crippen molar-refractivity contribution in [2.24, 2.45) is 0 Å².